The van der Waals surface area contributed by atoms with E-state index in [9.17, 15) is 4.79 Å². The van der Waals surface area contributed by atoms with E-state index >= 15 is 0 Å². The predicted octanol–water partition coefficient (Wildman–Crippen LogP) is 3.31. The van der Waals surface area contributed by atoms with Gasteiger partial charge in [-0.15, -0.1) is 22.6 Å². The Morgan fingerprint density at radius 2 is 1.89 bits per heavy atom. The fourth-order valence-electron chi connectivity index (χ4n) is 2.92. The fourth-order valence-corrected chi connectivity index (χ4v) is 3.09. The molecule has 0 spiro atoms. The lowest BCUT2D eigenvalue weighted by molar-refractivity contribution is 0.0743. The third-order valence-corrected chi connectivity index (χ3v) is 4.60. The van der Waals surface area contributed by atoms with Crippen LogP contribution in [0.4, 0.5) is 5.82 Å². The van der Waals surface area contributed by atoms with Gasteiger partial charge in [0.2, 0.25) is 5.88 Å². The number of carbonyl (C=O) groups is 1. The summed E-state index contributed by atoms with van der Waals surface area (Å²) in [6, 6.07) is 8.79. The first-order valence-corrected chi connectivity index (χ1v) is 9.34. The van der Waals surface area contributed by atoms with Crippen molar-refractivity contribution in [2.24, 2.45) is 0 Å². The highest BCUT2D eigenvalue weighted by atomic mass is 35.5. The highest BCUT2D eigenvalue weighted by Crippen LogP contribution is 2.25. The van der Waals surface area contributed by atoms with Crippen LogP contribution in [0, 0.1) is 0 Å². The van der Waals surface area contributed by atoms with Crippen molar-refractivity contribution in [2.45, 2.75) is 13.3 Å². The molecule has 152 valence electrons. The van der Waals surface area contributed by atoms with E-state index in [0.717, 1.165) is 12.2 Å². The molecule has 1 aliphatic rings. The van der Waals surface area contributed by atoms with Crippen LogP contribution in [0.3, 0.4) is 0 Å². The first kappa shape index (κ1) is 22.0. The SMILES string of the molecule is CCCOc1ccc(N2CCN(C(=O)c3cc(Cl)ccc3OC)CC2)nn1.Cl. The predicted molar refractivity (Wildman–Crippen MR) is 111 cm³/mol. The molecule has 0 N–H and O–H groups in total. The quantitative estimate of drug-likeness (QED) is 0.705. The molecule has 1 aromatic carbocycles. The normalized spacial score (nSPS) is 13.7. The molecule has 2 heterocycles. The summed E-state index contributed by atoms with van der Waals surface area (Å²) in [5, 5.41) is 8.84. The van der Waals surface area contributed by atoms with Crippen LogP contribution < -0.4 is 14.4 Å². The van der Waals surface area contributed by atoms with Gasteiger partial charge in [0.05, 0.1) is 19.3 Å². The number of benzene rings is 1. The average molecular weight is 427 g/mol. The summed E-state index contributed by atoms with van der Waals surface area (Å²) >= 11 is 6.04. The molecule has 0 saturated carbocycles. The zero-order chi connectivity index (χ0) is 19.2. The molecule has 1 amide bonds. The summed E-state index contributed by atoms with van der Waals surface area (Å²) in [6.45, 7) is 5.20. The zero-order valence-electron chi connectivity index (χ0n) is 15.9. The molecule has 3 rings (SSSR count). The average Bonchev–Trinajstić information content (AvgIpc) is 2.72. The number of aromatic nitrogens is 2. The van der Waals surface area contributed by atoms with Crippen molar-refractivity contribution < 1.29 is 14.3 Å². The maximum absolute atomic E-state index is 12.8. The lowest BCUT2D eigenvalue weighted by Gasteiger charge is -2.35. The van der Waals surface area contributed by atoms with Crippen molar-refractivity contribution >= 4 is 35.7 Å². The molecule has 2 aromatic rings. The molecule has 1 saturated heterocycles. The molecule has 7 nitrogen and oxygen atoms in total. The third kappa shape index (κ3) is 5.17. The molecular weight excluding hydrogens is 403 g/mol. The van der Waals surface area contributed by atoms with Crippen molar-refractivity contribution in [2.75, 3.05) is 44.8 Å². The van der Waals surface area contributed by atoms with Crippen LogP contribution in [0.5, 0.6) is 11.6 Å². The van der Waals surface area contributed by atoms with Gasteiger partial charge in [0.15, 0.2) is 5.82 Å². The Labute approximate surface area is 176 Å². The summed E-state index contributed by atoms with van der Waals surface area (Å²) < 4.78 is 10.8. The lowest BCUT2D eigenvalue weighted by Crippen LogP contribution is -2.49. The number of anilines is 1. The van der Waals surface area contributed by atoms with Crippen molar-refractivity contribution in [3.63, 3.8) is 0 Å². The van der Waals surface area contributed by atoms with Crippen LogP contribution in [0.2, 0.25) is 5.02 Å². The van der Waals surface area contributed by atoms with E-state index in [4.69, 9.17) is 21.1 Å². The highest BCUT2D eigenvalue weighted by Gasteiger charge is 2.25. The smallest absolute Gasteiger partial charge is 0.257 e. The molecule has 0 aliphatic carbocycles. The van der Waals surface area contributed by atoms with E-state index in [1.807, 2.05) is 19.1 Å². The van der Waals surface area contributed by atoms with Gasteiger partial charge in [-0.05, 0) is 30.7 Å². The number of methoxy groups -OCH3 is 1. The first-order valence-electron chi connectivity index (χ1n) is 8.96. The van der Waals surface area contributed by atoms with Crippen LogP contribution in [0.15, 0.2) is 30.3 Å². The van der Waals surface area contributed by atoms with Gasteiger partial charge in [-0.1, -0.05) is 18.5 Å². The van der Waals surface area contributed by atoms with E-state index in [-0.39, 0.29) is 18.3 Å². The standard InChI is InChI=1S/C19H23ClN4O3.ClH/c1-3-12-27-18-7-6-17(21-22-18)23-8-10-24(11-9-23)19(25)15-13-14(20)4-5-16(15)26-2;/h4-7,13H,3,8-12H2,1-2H3;1H. The second-order valence-corrected chi connectivity index (χ2v) is 6.64. The van der Waals surface area contributed by atoms with Crippen molar-refractivity contribution in [3.05, 3.63) is 40.9 Å². The molecule has 1 aliphatic heterocycles. The Bertz CT molecular complexity index is 781. The molecule has 0 bridgehead atoms. The summed E-state index contributed by atoms with van der Waals surface area (Å²) in [4.78, 5) is 16.8. The van der Waals surface area contributed by atoms with E-state index in [0.29, 0.717) is 55.0 Å². The van der Waals surface area contributed by atoms with Gasteiger partial charge in [0.25, 0.3) is 5.91 Å². The Morgan fingerprint density at radius 3 is 2.50 bits per heavy atom. The maximum Gasteiger partial charge on any atom is 0.257 e. The molecule has 0 atom stereocenters. The van der Waals surface area contributed by atoms with Crippen LogP contribution in [0.25, 0.3) is 0 Å². The number of rotatable bonds is 6. The highest BCUT2D eigenvalue weighted by molar-refractivity contribution is 6.31. The molecular formula is C19H24Cl2N4O3. The topological polar surface area (TPSA) is 67.8 Å². The second-order valence-electron chi connectivity index (χ2n) is 6.20. The Morgan fingerprint density at radius 1 is 1.14 bits per heavy atom. The van der Waals surface area contributed by atoms with E-state index in [1.54, 1.807) is 30.2 Å². The first-order chi connectivity index (χ1) is 13.1. The maximum atomic E-state index is 12.8. The monoisotopic (exact) mass is 426 g/mol. The van der Waals surface area contributed by atoms with Gasteiger partial charge >= 0.3 is 0 Å². The molecule has 0 radical (unpaired) electrons. The van der Waals surface area contributed by atoms with Gasteiger partial charge in [-0.2, -0.15) is 0 Å². The second kappa shape index (κ2) is 10.3. The fraction of sp³-hybridized carbons (Fsp3) is 0.421. The van der Waals surface area contributed by atoms with Crippen molar-refractivity contribution in [1.82, 2.24) is 15.1 Å². The van der Waals surface area contributed by atoms with Crippen molar-refractivity contribution in [3.8, 4) is 11.6 Å². The Hall–Kier alpha value is -2.25. The molecule has 1 fully saturated rings. The van der Waals surface area contributed by atoms with Crippen molar-refractivity contribution in [1.29, 1.82) is 0 Å². The largest absolute Gasteiger partial charge is 0.496 e. The van der Waals surface area contributed by atoms with Crippen LogP contribution in [0.1, 0.15) is 23.7 Å². The molecule has 28 heavy (non-hydrogen) atoms. The van der Waals surface area contributed by atoms with Crippen LogP contribution >= 0.6 is 24.0 Å². The minimum absolute atomic E-state index is 0. The number of ether oxygens (including phenoxy) is 2. The van der Waals surface area contributed by atoms with Crippen LogP contribution in [-0.2, 0) is 0 Å². The number of nitrogens with zero attached hydrogens (tertiary/aromatic N) is 4. The number of piperazine rings is 1. The van der Waals surface area contributed by atoms with Gasteiger partial charge in [0.1, 0.15) is 5.75 Å². The molecule has 1 aromatic heterocycles. The number of amides is 1. The van der Waals surface area contributed by atoms with Gasteiger partial charge in [0, 0.05) is 37.3 Å². The van der Waals surface area contributed by atoms with E-state index < -0.39 is 0 Å². The molecule has 0 unspecified atom stereocenters. The zero-order valence-corrected chi connectivity index (χ0v) is 17.5. The van der Waals surface area contributed by atoms with Gasteiger partial charge < -0.3 is 19.3 Å². The van der Waals surface area contributed by atoms with E-state index in [2.05, 4.69) is 15.1 Å². The Balaban J connectivity index is 0.00000280. The number of carbonyl (C=O) groups excluding carboxylic acids is 1. The Kier molecular flexibility index (Phi) is 8.14. The molecule has 9 heteroatoms. The summed E-state index contributed by atoms with van der Waals surface area (Å²) in [7, 11) is 1.55. The number of hydrogen-bond donors (Lipinski definition) is 0. The lowest BCUT2D eigenvalue weighted by atomic mass is 10.1. The summed E-state index contributed by atoms with van der Waals surface area (Å²) in [5.41, 5.74) is 0.482. The van der Waals surface area contributed by atoms with Gasteiger partial charge in [-0.3, -0.25) is 4.79 Å². The third-order valence-electron chi connectivity index (χ3n) is 4.36. The minimum Gasteiger partial charge on any atom is -0.496 e. The summed E-state index contributed by atoms with van der Waals surface area (Å²) in [6.07, 6.45) is 0.927. The van der Waals surface area contributed by atoms with Gasteiger partial charge in [-0.25, -0.2) is 0 Å². The van der Waals surface area contributed by atoms with E-state index in [1.165, 1.54) is 0 Å². The van der Waals surface area contributed by atoms with Crippen LogP contribution in [-0.4, -0.2) is 60.9 Å². The minimum atomic E-state index is -0.0802. The summed E-state index contributed by atoms with van der Waals surface area (Å²) in [5.74, 6) is 1.76. The number of hydrogen-bond acceptors (Lipinski definition) is 6. The number of halogens is 2.